The van der Waals surface area contributed by atoms with Crippen molar-refractivity contribution in [1.29, 1.82) is 0 Å². The summed E-state index contributed by atoms with van der Waals surface area (Å²) in [5, 5.41) is 3.91. The first-order chi connectivity index (χ1) is 17.4. The van der Waals surface area contributed by atoms with Crippen molar-refractivity contribution < 1.29 is 23.4 Å². The minimum atomic E-state index is -0.494. The van der Waals surface area contributed by atoms with E-state index in [9.17, 15) is 9.18 Å². The lowest BCUT2D eigenvalue weighted by atomic mass is 10.2. The Hall–Kier alpha value is -3.21. The van der Waals surface area contributed by atoms with Crippen LogP contribution in [0.3, 0.4) is 0 Å². The van der Waals surface area contributed by atoms with Gasteiger partial charge in [-0.1, -0.05) is 18.5 Å². The van der Waals surface area contributed by atoms with Crippen LogP contribution < -0.4 is 14.8 Å². The maximum absolute atomic E-state index is 13.6. The number of esters is 1. The van der Waals surface area contributed by atoms with Gasteiger partial charge < -0.3 is 19.5 Å². The highest BCUT2D eigenvalue weighted by atomic mass is 35.5. The van der Waals surface area contributed by atoms with Gasteiger partial charge in [-0.2, -0.15) is 0 Å². The van der Waals surface area contributed by atoms with Crippen molar-refractivity contribution in [3.05, 3.63) is 47.5 Å². The Morgan fingerprint density at radius 3 is 2.58 bits per heavy atom. The zero-order valence-electron chi connectivity index (χ0n) is 20.5. The van der Waals surface area contributed by atoms with Crippen LogP contribution >= 0.6 is 11.6 Å². The molecule has 0 radical (unpaired) electrons. The van der Waals surface area contributed by atoms with Crippen molar-refractivity contribution in [1.82, 2.24) is 19.8 Å². The third-order valence-electron chi connectivity index (χ3n) is 6.11. The number of anilines is 2. The molecule has 36 heavy (non-hydrogen) atoms. The van der Waals surface area contributed by atoms with E-state index in [0.29, 0.717) is 33.9 Å². The van der Waals surface area contributed by atoms with Crippen molar-refractivity contribution in [3.8, 4) is 11.5 Å². The lowest BCUT2D eigenvalue weighted by Gasteiger charge is -2.38. The maximum atomic E-state index is 13.6. The fourth-order valence-corrected chi connectivity index (χ4v) is 4.33. The number of methoxy groups -OCH3 is 2. The van der Waals surface area contributed by atoms with Crippen molar-refractivity contribution in [2.24, 2.45) is 0 Å². The number of benzene rings is 2. The molecule has 1 saturated heterocycles. The number of piperazine rings is 1. The number of nitrogens with one attached hydrogen (secondary N) is 1. The van der Waals surface area contributed by atoms with E-state index in [-0.39, 0.29) is 23.8 Å². The molecule has 1 aliphatic rings. The normalized spacial score (nSPS) is 15.5. The summed E-state index contributed by atoms with van der Waals surface area (Å²) in [6, 6.07) is 8.03. The maximum Gasteiger partial charge on any atom is 0.319 e. The fraction of sp³-hybridized carbons (Fsp3) is 0.400. The molecule has 3 aromatic rings. The number of halogens is 2. The van der Waals surface area contributed by atoms with Crippen molar-refractivity contribution in [2.75, 3.05) is 52.3 Å². The summed E-state index contributed by atoms with van der Waals surface area (Å²) in [6.07, 6.45) is 2.01. The van der Waals surface area contributed by atoms with Crippen LogP contribution in [0.5, 0.6) is 11.5 Å². The summed E-state index contributed by atoms with van der Waals surface area (Å²) in [7, 11) is 2.98. The fourth-order valence-electron chi connectivity index (χ4n) is 4.15. The Kier molecular flexibility index (Phi) is 8.40. The van der Waals surface area contributed by atoms with E-state index >= 15 is 0 Å². The van der Waals surface area contributed by atoms with Gasteiger partial charge >= 0.3 is 5.97 Å². The molecule has 1 atom stereocenters. The van der Waals surface area contributed by atoms with Crippen LogP contribution in [-0.4, -0.2) is 78.9 Å². The highest BCUT2D eigenvalue weighted by Gasteiger charge is 2.26. The molecule has 1 aliphatic heterocycles. The lowest BCUT2D eigenvalue weighted by molar-refractivity contribution is -0.142. The zero-order chi connectivity index (χ0) is 25.7. The van der Waals surface area contributed by atoms with Gasteiger partial charge in [0.15, 0.2) is 17.7 Å². The molecule has 192 valence electrons. The molecule has 2 heterocycles. The smallest absolute Gasteiger partial charge is 0.319 e. The second-order valence-corrected chi connectivity index (χ2v) is 8.77. The molecule has 1 fully saturated rings. The van der Waals surface area contributed by atoms with Crippen LogP contribution in [0, 0.1) is 5.82 Å². The Balaban J connectivity index is 1.56. The van der Waals surface area contributed by atoms with E-state index in [1.807, 2.05) is 6.07 Å². The second-order valence-electron chi connectivity index (χ2n) is 8.37. The van der Waals surface area contributed by atoms with Gasteiger partial charge in [0.2, 0.25) is 0 Å². The third kappa shape index (κ3) is 5.95. The Morgan fingerprint density at radius 2 is 1.92 bits per heavy atom. The molecular weight excluding hydrogens is 489 g/mol. The van der Waals surface area contributed by atoms with E-state index in [2.05, 4.69) is 32.0 Å². The molecule has 2 aromatic carbocycles. The first kappa shape index (κ1) is 25.9. The minimum absolute atomic E-state index is 0.0153. The topological polar surface area (TPSA) is 89.0 Å². The number of fused-ring (bicyclic) bond motifs is 1. The first-order valence-electron chi connectivity index (χ1n) is 11.7. The second kappa shape index (κ2) is 11.7. The lowest BCUT2D eigenvalue weighted by Crippen LogP contribution is -2.52. The van der Waals surface area contributed by atoms with Crippen molar-refractivity contribution in [3.63, 3.8) is 0 Å². The molecule has 9 nitrogen and oxygen atoms in total. The number of rotatable bonds is 9. The summed E-state index contributed by atoms with van der Waals surface area (Å²) in [5.74, 6) is 0.914. The SMILES string of the molecule is CCC(Oc1cc2c(Nc3ccc(F)c(Cl)c3)ncnc2cc1OC)N1CCN(CC(=O)OC)CC1. The minimum Gasteiger partial charge on any atom is -0.493 e. The van der Waals surface area contributed by atoms with Crippen LogP contribution in [0.1, 0.15) is 13.3 Å². The third-order valence-corrected chi connectivity index (χ3v) is 6.40. The van der Waals surface area contributed by atoms with Gasteiger partial charge in [0.25, 0.3) is 0 Å². The van der Waals surface area contributed by atoms with Crippen LogP contribution in [0.2, 0.25) is 5.02 Å². The Labute approximate surface area is 214 Å². The van der Waals surface area contributed by atoms with Gasteiger partial charge in [-0.25, -0.2) is 14.4 Å². The summed E-state index contributed by atoms with van der Waals surface area (Å²) in [6.45, 7) is 5.35. The number of carbonyl (C=O) groups excluding carboxylic acids is 1. The first-order valence-corrected chi connectivity index (χ1v) is 12.0. The predicted octanol–water partition coefficient (Wildman–Crippen LogP) is 4.08. The molecule has 1 N–H and O–H groups in total. The number of hydrogen-bond acceptors (Lipinski definition) is 9. The number of nitrogens with zero attached hydrogens (tertiary/aromatic N) is 4. The van der Waals surface area contributed by atoms with Gasteiger partial charge in [0.1, 0.15) is 18.0 Å². The van der Waals surface area contributed by atoms with Crippen LogP contribution in [0.4, 0.5) is 15.9 Å². The average Bonchev–Trinajstić information content (AvgIpc) is 2.89. The van der Waals surface area contributed by atoms with E-state index < -0.39 is 5.82 Å². The largest absolute Gasteiger partial charge is 0.493 e. The number of hydrogen-bond donors (Lipinski definition) is 1. The van der Waals surface area contributed by atoms with Crippen molar-refractivity contribution >= 4 is 40.0 Å². The molecule has 4 rings (SSSR count). The Bertz CT molecular complexity index is 1220. The van der Waals surface area contributed by atoms with Gasteiger partial charge in [0.05, 0.1) is 31.3 Å². The molecule has 11 heteroatoms. The van der Waals surface area contributed by atoms with Gasteiger partial charge in [0, 0.05) is 43.3 Å². The average molecular weight is 518 g/mol. The number of aromatic nitrogens is 2. The summed E-state index contributed by atoms with van der Waals surface area (Å²) < 4.78 is 30.4. The summed E-state index contributed by atoms with van der Waals surface area (Å²) >= 11 is 5.94. The molecule has 0 spiro atoms. The van der Waals surface area contributed by atoms with Crippen LogP contribution in [0.15, 0.2) is 36.7 Å². The molecule has 0 bridgehead atoms. The quantitative estimate of drug-likeness (QED) is 0.422. The van der Waals surface area contributed by atoms with E-state index in [4.69, 9.17) is 25.8 Å². The van der Waals surface area contributed by atoms with E-state index in [0.717, 1.165) is 32.6 Å². The Morgan fingerprint density at radius 1 is 1.14 bits per heavy atom. The molecule has 1 aromatic heterocycles. The van der Waals surface area contributed by atoms with Crippen LogP contribution in [0.25, 0.3) is 10.9 Å². The molecule has 1 unspecified atom stereocenters. The van der Waals surface area contributed by atoms with Gasteiger partial charge in [-0.05, 0) is 30.7 Å². The van der Waals surface area contributed by atoms with E-state index in [1.165, 1.54) is 25.6 Å². The molecule has 0 amide bonds. The monoisotopic (exact) mass is 517 g/mol. The van der Waals surface area contributed by atoms with Gasteiger partial charge in [-0.3, -0.25) is 14.6 Å². The highest BCUT2D eigenvalue weighted by molar-refractivity contribution is 6.31. The highest BCUT2D eigenvalue weighted by Crippen LogP contribution is 2.36. The molecular formula is C25H29ClFN5O4. The van der Waals surface area contributed by atoms with Crippen molar-refractivity contribution in [2.45, 2.75) is 19.6 Å². The molecule has 0 aliphatic carbocycles. The number of ether oxygens (including phenoxy) is 3. The summed E-state index contributed by atoms with van der Waals surface area (Å²) in [4.78, 5) is 24.6. The number of carbonyl (C=O) groups is 1. The standard InChI is InChI=1S/C25H29ClFN5O4/c1-4-23(32-9-7-31(8-10-32)14-24(33)35-3)36-22-12-17-20(13-21(22)34-2)28-15-29-25(17)30-16-5-6-19(27)18(26)11-16/h5-6,11-13,15,23H,4,7-10,14H2,1-3H3,(H,28,29,30). The van der Waals surface area contributed by atoms with E-state index in [1.54, 1.807) is 19.2 Å². The summed E-state index contributed by atoms with van der Waals surface area (Å²) in [5.41, 5.74) is 1.25. The molecule has 0 saturated carbocycles. The predicted molar refractivity (Wildman–Crippen MR) is 136 cm³/mol. The zero-order valence-corrected chi connectivity index (χ0v) is 21.2. The van der Waals surface area contributed by atoms with Crippen LogP contribution in [-0.2, 0) is 9.53 Å². The van der Waals surface area contributed by atoms with Gasteiger partial charge in [-0.15, -0.1) is 0 Å².